The Labute approximate surface area is 154 Å². The lowest BCUT2D eigenvalue weighted by molar-refractivity contribution is -0.121. The minimum absolute atomic E-state index is 0.0731. The number of aryl methyl sites for hydroxylation is 1. The Morgan fingerprint density at radius 2 is 1.72 bits per heavy atom. The first-order valence-electron chi connectivity index (χ1n) is 7.93. The van der Waals surface area contributed by atoms with Crippen molar-refractivity contribution in [3.8, 4) is 0 Å². The van der Waals surface area contributed by atoms with E-state index in [1.165, 1.54) is 0 Å². The van der Waals surface area contributed by atoms with Crippen molar-refractivity contribution in [1.82, 2.24) is 10.2 Å². The Kier molecular flexibility index (Phi) is 4.99. The van der Waals surface area contributed by atoms with Crippen LogP contribution in [0.15, 0.2) is 46.9 Å². The zero-order valence-electron chi connectivity index (χ0n) is 13.7. The minimum Gasteiger partial charge on any atom is -0.352 e. The van der Waals surface area contributed by atoms with Gasteiger partial charge in [-0.3, -0.25) is 19.3 Å². The van der Waals surface area contributed by atoms with E-state index >= 15 is 0 Å². The summed E-state index contributed by atoms with van der Waals surface area (Å²) in [5.74, 6) is -0.898. The van der Waals surface area contributed by atoms with Gasteiger partial charge in [-0.2, -0.15) is 0 Å². The molecular weight excluding hydrogens is 384 g/mol. The normalized spacial score (nSPS) is 13.1. The topological polar surface area (TPSA) is 66.5 Å². The SMILES string of the molecule is Cc1ccc(CNC(=O)CCN2C(=O)c3ccc(Br)cc3C2=O)cc1. The third-order valence-electron chi connectivity index (χ3n) is 4.11. The number of benzene rings is 2. The Bertz CT molecular complexity index is 846. The maximum atomic E-state index is 12.3. The zero-order valence-corrected chi connectivity index (χ0v) is 15.3. The van der Waals surface area contributed by atoms with E-state index in [4.69, 9.17) is 0 Å². The zero-order chi connectivity index (χ0) is 18.0. The highest BCUT2D eigenvalue weighted by Crippen LogP contribution is 2.26. The van der Waals surface area contributed by atoms with Gasteiger partial charge in [0, 0.05) is 24.0 Å². The summed E-state index contributed by atoms with van der Waals surface area (Å²) in [7, 11) is 0. The van der Waals surface area contributed by atoms with Crippen LogP contribution in [0.2, 0.25) is 0 Å². The molecule has 2 aromatic carbocycles. The van der Waals surface area contributed by atoms with Gasteiger partial charge in [0.05, 0.1) is 11.1 Å². The van der Waals surface area contributed by atoms with Gasteiger partial charge < -0.3 is 5.32 Å². The second kappa shape index (κ2) is 7.19. The van der Waals surface area contributed by atoms with E-state index in [1.54, 1.807) is 18.2 Å². The number of imide groups is 1. The number of hydrogen-bond acceptors (Lipinski definition) is 3. The third kappa shape index (κ3) is 3.79. The molecule has 1 aliphatic heterocycles. The molecule has 0 bridgehead atoms. The Hall–Kier alpha value is -2.47. The number of rotatable bonds is 5. The molecule has 0 radical (unpaired) electrons. The van der Waals surface area contributed by atoms with Gasteiger partial charge in [0.25, 0.3) is 11.8 Å². The number of amides is 3. The predicted molar refractivity (Wildman–Crippen MR) is 97.2 cm³/mol. The molecule has 0 aromatic heterocycles. The molecule has 0 atom stereocenters. The molecule has 2 aromatic rings. The van der Waals surface area contributed by atoms with E-state index in [9.17, 15) is 14.4 Å². The molecule has 0 spiro atoms. The first kappa shape index (κ1) is 17.4. The molecule has 3 rings (SSSR count). The van der Waals surface area contributed by atoms with Crippen molar-refractivity contribution in [2.75, 3.05) is 6.54 Å². The average Bonchev–Trinajstić information content (AvgIpc) is 2.83. The van der Waals surface area contributed by atoms with Crippen LogP contribution in [0.5, 0.6) is 0 Å². The summed E-state index contributed by atoms with van der Waals surface area (Å²) < 4.78 is 0.741. The molecule has 1 heterocycles. The van der Waals surface area contributed by atoms with Gasteiger partial charge in [-0.25, -0.2) is 0 Å². The summed E-state index contributed by atoms with van der Waals surface area (Å²) in [5, 5.41) is 2.81. The lowest BCUT2D eigenvalue weighted by atomic mass is 10.1. The minimum atomic E-state index is -0.354. The van der Waals surface area contributed by atoms with E-state index < -0.39 is 0 Å². The molecule has 1 N–H and O–H groups in total. The number of nitrogens with zero attached hydrogens (tertiary/aromatic N) is 1. The highest BCUT2D eigenvalue weighted by molar-refractivity contribution is 9.10. The molecule has 6 heteroatoms. The summed E-state index contributed by atoms with van der Waals surface area (Å²) in [4.78, 5) is 37.8. The van der Waals surface area contributed by atoms with Crippen molar-refractivity contribution >= 4 is 33.7 Å². The quantitative estimate of drug-likeness (QED) is 0.784. The largest absolute Gasteiger partial charge is 0.352 e. The number of carbonyl (C=O) groups is 3. The first-order chi connectivity index (χ1) is 12.0. The Morgan fingerprint density at radius 3 is 2.44 bits per heavy atom. The van der Waals surface area contributed by atoms with E-state index in [2.05, 4.69) is 21.2 Å². The number of carbonyl (C=O) groups excluding carboxylic acids is 3. The number of halogens is 1. The fourth-order valence-electron chi connectivity index (χ4n) is 2.67. The van der Waals surface area contributed by atoms with Gasteiger partial charge in [-0.1, -0.05) is 45.8 Å². The molecule has 25 heavy (non-hydrogen) atoms. The summed E-state index contributed by atoms with van der Waals surface area (Å²) in [5.41, 5.74) is 2.92. The van der Waals surface area contributed by atoms with E-state index in [0.717, 1.165) is 20.5 Å². The highest BCUT2D eigenvalue weighted by atomic mass is 79.9. The van der Waals surface area contributed by atoms with Crippen molar-refractivity contribution in [2.24, 2.45) is 0 Å². The second-order valence-corrected chi connectivity index (χ2v) is 6.88. The van der Waals surface area contributed by atoms with Gasteiger partial charge in [0.1, 0.15) is 0 Å². The van der Waals surface area contributed by atoms with Gasteiger partial charge in [0.15, 0.2) is 0 Å². The van der Waals surface area contributed by atoms with Gasteiger partial charge >= 0.3 is 0 Å². The summed E-state index contributed by atoms with van der Waals surface area (Å²) in [6, 6.07) is 12.9. The fraction of sp³-hybridized carbons (Fsp3) is 0.211. The second-order valence-electron chi connectivity index (χ2n) is 5.96. The van der Waals surface area contributed by atoms with Gasteiger partial charge in [-0.05, 0) is 30.7 Å². The van der Waals surface area contributed by atoms with E-state index in [-0.39, 0.29) is 30.7 Å². The standard InChI is InChI=1S/C19H17BrN2O3/c1-12-2-4-13(5-3-12)11-21-17(23)8-9-22-18(24)15-7-6-14(20)10-16(15)19(22)25/h2-7,10H,8-9,11H2,1H3,(H,21,23). The van der Waals surface area contributed by atoms with Crippen LogP contribution in [0.4, 0.5) is 0 Å². The number of nitrogens with one attached hydrogen (secondary N) is 1. The summed E-state index contributed by atoms with van der Waals surface area (Å²) in [6.07, 6.45) is 0.0818. The molecule has 1 aliphatic rings. The predicted octanol–water partition coefficient (Wildman–Crippen LogP) is 3.06. The van der Waals surface area contributed by atoms with E-state index in [0.29, 0.717) is 17.7 Å². The number of fused-ring (bicyclic) bond motifs is 1. The smallest absolute Gasteiger partial charge is 0.261 e. The van der Waals surface area contributed by atoms with Crippen LogP contribution in [0.3, 0.4) is 0 Å². The monoisotopic (exact) mass is 400 g/mol. The van der Waals surface area contributed by atoms with Crippen molar-refractivity contribution in [3.05, 3.63) is 69.2 Å². The molecule has 0 aliphatic carbocycles. The molecule has 3 amide bonds. The van der Waals surface area contributed by atoms with Crippen LogP contribution < -0.4 is 5.32 Å². The van der Waals surface area contributed by atoms with E-state index in [1.807, 2.05) is 31.2 Å². The van der Waals surface area contributed by atoms with Gasteiger partial charge in [-0.15, -0.1) is 0 Å². The van der Waals surface area contributed by atoms with Crippen molar-refractivity contribution in [3.63, 3.8) is 0 Å². The molecule has 0 fully saturated rings. The number of hydrogen-bond donors (Lipinski definition) is 1. The molecule has 128 valence electrons. The van der Waals surface area contributed by atoms with Gasteiger partial charge in [0.2, 0.25) is 5.91 Å². The average molecular weight is 401 g/mol. The van der Waals surface area contributed by atoms with Crippen LogP contribution >= 0.6 is 15.9 Å². The maximum Gasteiger partial charge on any atom is 0.261 e. The molecular formula is C19H17BrN2O3. The lowest BCUT2D eigenvalue weighted by Gasteiger charge is -2.13. The van der Waals surface area contributed by atoms with Crippen LogP contribution in [-0.2, 0) is 11.3 Å². The summed E-state index contributed by atoms with van der Waals surface area (Å²) >= 11 is 3.30. The maximum absolute atomic E-state index is 12.3. The Balaban J connectivity index is 1.55. The Morgan fingerprint density at radius 1 is 1.04 bits per heavy atom. The van der Waals surface area contributed by atoms with Crippen molar-refractivity contribution < 1.29 is 14.4 Å². The molecule has 0 saturated carbocycles. The van der Waals surface area contributed by atoms with Crippen LogP contribution in [0.1, 0.15) is 38.3 Å². The molecule has 0 unspecified atom stereocenters. The van der Waals surface area contributed by atoms with Crippen molar-refractivity contribution in [1.29, 1.82) is 0 Å². The summed E-state index contributed by atoms with van der Waals surface area (Å²) in [6.45, 7) is 2.50. The van der Waals surface area contributed by atoms with Crippen LogP contribution in [0, 0.1) is 6.92 Å². The van der Waals surface area contributed by atoms with Crippen molar-refractivity contribution in [2.45, 2.75) is 19.9 Å². The first-order valence-corrected chi connectivity index (χ1v) is 8.73. The van der Waals surface area contributed by atoms with Crippen LogP contribution in [0.25, 0.3) is 0 Å². The fourth-order valence-corrected chi connectivity index (χ4v) is 3.04. The lowest BCUT2D eigenvalue weighted by Crippen LogP contribution is -2.34. The highest BCUT2D eigenvalue weighted by Gasteiger charge is 2.35. The van der Waals surface area contributed by atoms with Crippen LogP contribution in [-0.4, -0.2) is 29.2 Å². The molecule has 0 saturated heterocycles. The molecule has 5 nitrogen and oxygen atoms in total. The third-order valence-corrected chi connectivity index (χ3v) is 4.60.